The maximum atomic E-state index is 12.5. The van der Waals surface area contributed by atoms with Crippen molar-refractivity contribution in [1.29, 1.82) is 0 Å². The van der Waals surface area contributed by atoms with Crippen LogP contribution in [-0.4, -0.2) is 30.0 Å². The Morgan fingerprint density at radius 3 is 2.24 bits per heavy atom. The highest BCUT2D eigenvalue weighted by Crippen LogP contribution is 2.62. The number of alkyl halides is 3. The molecule has 0 saturated heterocycles. The molecule has 0 aromatic rings. The summed E-state index contributed by atoms with van der Waals surface area (Å²) < 4.78 is 42.1. The van der Waals surface area contributed by atoms with Crippen LogP contribution in [0.5, 0.6) is 0 Å². The number of halogens is 3. The summed E-state index contributed by atoms with van der Waals surface area (Å²) in [7, 11) is 1.20. The number of hydrogen-bond donors (Lipinski definition) is 1. The third-order valence-electron chi connectivity index (χ3n) is 3.73. The molecule has 17 heavy (non-hydrogen) atoms. The van der Waals surface area contributed by atoms with Crippen LogP contribution < -0.4 is 0 Å². The van der Waals surface area contributed by atoms with Gasteiger partial charge >= 0.3 is 12.1 Å². The average Bonchev–Trinajstić information content (AvgIpc) is 2.64. The van der Waals surface area contributed by atoms with Crippen LogP contribution >= 0.6 is 0 Å². The first kappa shape index (κ1) is 14.3. The Hall–Kier alpha value is -0.780. The van der Waals surface area contributed by atoms with E-state index >= 15 is 0 Å². The lowest BCUT2D eigenvalue weighted by Crippen LogP contribution is -2.42. The summed E-state index contributed by atoms with van der Waals surface area (Å²) >= 11 is 0. The van der Waals surface area contributed by atoms with Crippen LogP contribution in [0.2, 0.25) is 0 Å². The van der Waals surface area contributed by atoms with Crippen molar-refractivity contribution in [1.82, 2.24) is 0 Å². The largest absolute Gasteiger partial charge is 0.469 e. The first-order chi connectivity index (χ1) is 7.45. The van der Waals surface area contributed by atoms with E-state index in [4.69, 9.17) is 0 Å². The second kappa shape index (κ2) is 3.86. The van der Waals surface area contributed by atoms with Gasteiger partial charge in [0.25, 0.3) is 0 Å². The number of carbonyl (C=O) groups excluding carboxylic acids is 1. The summed E-state index contributed by atoms with van der Waals surface area (Å²) in [4.78, 5) is 11.4. The number of methoxy groups -OCH3 is 1. The molecule has 0 heterocycles. The van der Waals surface area contributed by atoms with Gasteiger partial charge in [-0.3, -0.25) is 4.79 Å². The molecule has 0 spiro atoms. The third kappa shape index (κ3) is 2.41. The first-order valence-corrected chi connectivity index (χ1v) is 5.32. The Kier molecular flexibility index (Phi) is 3.25. The van der Waals surface area contributed by atoms with Crippen molar-refractivity contribution in [2.45, 2.75) is 39.0 Å². The van der Waals surface area contributed by atoms with E-state index in [2.05, 4.69) is 4.74 Å². The highest BCUT2D eigenvalue weighted by atomic mass is 19.4. The number of aliphatic hydroxyl groups is 1. The van der Waals surface area contributed by atoms with Gasteiger partial charge in [0.2, 0.25) is 0 Å². The van der Waals surface area contributed by atoms with E-state index < -0.39 is 41.4 Å². The second-order valence-corrected chi connectivity index (χ2v) is 5.40. The molecule has 3 unspecified atom stereocenters. The van der Waals surface area contributed by atoms with E-state index in [1.54, 1.807) is 13.8 Å². The van der Waals surface area contributed by atoms with Gasteiger partial charge in [0.1, 0.15) is 0 Å². The van der Waals surface area contributed by atoms with Gasteiger partial charge < -0.3 is 9.84 Å². The zero-order valence-corrected chi connectivity index (χ0v) is 10.3. The Morgan fingerprint density at radius 1 is 1.41 bits per heavy atom. The summed E-state index contributed by atoms with van der Waals surface area (Å²) in [5.41, 5.74) is -3.32. The number of ether oxygens (including phenoxy) is 1. The molecule has 1 fully saturated rings. The Balaban J connectivity index is 2.76. The van der Waals surface area contributed by atoms with Crippen molar-refractivity contribution in [2.75, 3.05) is 7.11 Å². The second-order valence-electron chi connectivity index (χ2n) is 5.40. The standard InChI is InChI=1S/C11H17F3O3/c1-9(2)6(7(9)8(15)17-4)5-10(3,16)11(12,13)14/h6-7,16H,5H2,1-4H3. The van der Waals surface area contributed by atoms with Crippen LogP contribution in [0.4, 0.5) is 13.2 Å². The Bertz CT molecular complexity index is 320. The summed E-state index contributed by atoms with van der Waals surface area (Å²) in [6.07, 6.45) is -5.17. The minimum atomic E-state index is -4.69. The molecular weight excluding hydrogens is 237 g/mol. The lowest BCUT2D eigenvalue weighted by Gasteiger charge is -2.26. The van der Waals surface area contributed by atoms with Gasteiger partial charge in [-0.1, -0.05) is 13.8 Å². The Morgan fingerprint density at radius 2 is 1.88 bits per heavy atom. The number of esters is 1. The van der Waals surface area contributed by atoms with E-state index in [9.17, 15) is 23.1 Å². The summed E-state index contributed by atoms with van der Waals surface area (Å²) in [6.45, 7) is 4.13. The van der Waals surface area contributed by atoms with Crippen LogP contribution in [0.15, 0.2) is 0 Å². The van der Waals surface area contributed by atoms with Crippen molar-refractivity contribution in [3.63, 3.8) is 0 Å². The van der Waals surface area contributed by atoms with Gasteiger partial charge in [0.15, 0.2) is 5.60 Å². The number of carbonyl (C=O) groups is 1. The van der Waals surface area contributed by atoms with Gasteiger partial charge in [-0.05, 0) is 24.7 Å². The first-order valence-electron chi connectivity index (χ1n) is 5.32. The van der Waals surface area contributed by atoms with Crippen LogP contribution in [0.1, 0.15) is 27.2 Å². The molecule has 3 atom stereocenters. The average molecular weight is 254 g/mol. The van der Waals surface area contributed by atoms with E-state index in [1.807, 2.05) is 0 Å². The monoisotopic (exact) mass is 254 g/mol. The molecule has 0 aromatic carbocycles. The zero-order chi connectivity index (χ0) is 13.6. The lowest BCUT2D eigenvalue weighted by molar-refractivity contribution is -0.257. The fourth-order valence-electron chi connectivity index (χ4n) is 2.26. The van der Waals surface area contributed by atoms with Crippen molar-refractivity contribution < 1.29 is 27.8 Å². The quantitative estimate of drug-likeness (QED) is 0.785. The lowest BCUT2D eigenvalue weighted by atomic mass is 9.95. The molecule has 6 heteroatoms. The molecule has 100 valence electrons. The topological polar surface area (TPSA) is 46.5 Å². The molecule has 0 aliphatic heterocycles. The number of rotatable bonds is 3. The molecule has 0 amide bonds. The number of hydrogen-bond acceptors (Lipinski definition) is 3. The summed E-state index contributed by atoms with van der Waals surface area (Å²) in [6, 6.07) is 0. The molecule has 0 bridgehead atoms. The molecule has 0 radical (unpaired) electrons. The molecule has 1 aliphatic rings. The van der Waals surface area contributed by atoms with Gasteiger partial charge in [0.05, 0.1) is 13.0 Å². The smallest absolute Gasteiger partial charge is 0.416 e. The summed E-state index contributed by atoms with van der Waals surface area (Å²) in [5, 5.41) is 9.39. The zero-order valence-electron chi connectivity index (χ0n) is 10.3. The SMILES string of the molecule is COC(=O)C1C(CC(C)(O)C(F)(F)F)C1(C)C. The van der Waals surface area contributed by atoms with Gasteiger partial charge in [0, 0.05) is 0 Å². The van der Waals surface area contributed by atoms with Crippen LogP contribution in [0, 0.1) is 17.3 Å². The van der Waals surface area contributed by atoms with Gasteiger partial charge in [-0.25, -0.2) is 0 Å². The van der Waals surface area contributed by atoms with Crippen molar-refractivity contribution in [2.24, 2.45) is 17.3 Å². The molecule has 0 aromatic heterocycles. The fourth-order valence-corrected chi connectivity index (χ4v) is 2.26. The Labute approximate surface area is 97.9 Å². The van der Waals surface area contributed by atoms with Crippen molar-refractivity contribution >= 4 is 5.97 Å². The van der Waals surface area contributed by atoms with Gasteiger partial charge in [-0.15, -0.1) is 0 Å². The molecule has 1 rings (SSSR count). The molecule has 1 aliphatic carbocycles. The van der Waals surface area contributed by atoms with E-state index in [0.717, 1.165) is 6.92 Å². The molecule has 3 nitrogen and oxygen atoms in total. The van der Waals surface area contributed by atoms with Crippen LogP contribution in [0.25, 0.3) is 0 Å². The highest BCUT2D eigenvalue weighted by Gasteiger charge is 2.66. The third-order valence-corrected chi connectivity index (χ3v) is 3.73. The maximum absolute atomic E-state index is 12.5. The fraction of sp³-hybridized carbons (Fsp3) is 0.909. The minimum Gasteiger partial charge on any atom is -0.469 e. The van der Waals surface area contributed by atoms with Crippen LogP contribution in [0.3, 0.4) is 0 Å². The normalized spacial score (nSPS) is 30.6. The maximum Gasteiger partial charge on any atom is 0.416 e. The van der Waals surface area contributed by atoms with E-state index in [1.165, 1.54) is 7.11 Å². The van der Waals surface area contributed by atoms with E-state index in [-0.39, 0.29) is 0 Å². The minimum absolute atomic E-state index is 0.483. The molecule has 1 saturated carbocycles. The van der Waals surface area contributed by atoms with E-state index in [0.29, 0.717) is 0 Å². The van der Waals surface area contributed by atoms with Gasteiger partial charge in [-0.2, -0.15) is 13.2 Å². The predicted molar refractivity (Wildman–Crippen MR) is 54.1 cm³/mol. The molecular formula is C11H17F3O3. The molecule has 1 N–H and O–H groups in total. The van der Waals surface area contributed by atoms with Crippen molar-refractivity contribution in [3.05, 3.63) is 0 Å². The summed E-state index contributed by atoms with van der Waals surface area (Å²) in [5.74, 6) is -1.59. The predicted octanol–water partition coefficient (Wildman–Crippen LogP) is 2.13. The van der Waals surface area contributed by atoms with Crippen LogP contribution in [-0.2, 0) is 9.53 Å². The van der Waals surface area contributed by atoms with Crippen molar-refractivity contribution in [3.8, 4) is 0 Å². The highest BCUT2D eigenvalue weighted by molar-refractivity contribution is 5.77.